The smallest absolute Gasteiger partial charge is 0.127 e. The van der Waals surface area contributed by atoms with Gasteiger partial charge < -0.3 is 4.79 Å². The zero-order valence-electron chi connectivity index (χ0n) is 5.42. The van der Waals surface area contributed by atoms with E-state index in [0.717, 1.165) is 19.1 Å². The van der Waals surface area contributed by atoms with Crippen LogP contribution in [-0.2, 0) is 4.79 Å². The van der Waals surface area contributed by atoms with Gasteiger partial charge in [0.2, 0.25) is 0 Å². The molecule has 0 aromatic rings. The number of carbonyl (C=O) groups excluding carboxylic acids is 1. The maximum absolute atomic E-state index is 10.3. The summed E-state index contributed by atoms with van der Waals surface area (Å²) in [6.45, 7) is 1.81. The number of hydrogen-bond acceptors (Lipinski definition) is 2. The van der Waals surface area contributed by atoms with Crippen molar-refractivity contribution in [2.24, 2.45) is 11.3 Å². The van der Waals surface area contributed by atoms with Crippen molar-refractivity contribution in [1.29, 1.82) is 5.26 Å². The molecule has 9 heavy (non-hydrogen) atoms. The first-order valence-electron chi connectivity index (χ1n) is 3.11. The van der Waals surface area contributed by atoms with Gasteiger partial charge in [0, 0.05) is 5.41 Å². The highest BCUT2D eigenvalue weighted by Crippen LogP contribution is 2.49. The highest BCUT2D eigenvalue weighted by atomic mass is 16.1. The van der Waals surface area contributed by atoms with Crippen LogP contribution < -0.4 is 0 Å². The second kappa shape index (κ2) is 1.84. The third-order valence-corrected chi connectivity index (χ3v) is 2.12. The minimum absolute atomic E-state index is 0.0880. The fourth-order valence-corrected chi connectivity index (χ4v) is 0.926. The van der Waals surface area contributed by atoms with Gasteiger partial charge >= 0.3 is 0 Å². The van der Waals surface area contributed by atoms with E-state index in [1.54, 1.807) is 6.92 Å². The number of rotatable bonds is 2. The molecule has 0 N–H and O–H groups in total. The van der Waals surface area contributed by atoms with Crippen molar-refractivity contribution in [2.45, 2.75) is 19.8 Å². The molecule has 1 rings (SSSR count). The lowest BCUT2D eigenvalue weighted by atomic mass is 9.94. The van der Waals surface area contributed by atoms with Gasteiger partial charge in [-0.2, -0.15) is 5.26 Å². The molecule has 0 unspecified atom stereocenters. The Morgan fingerprint density at radius 2 is 2.33 bits per heavy atom. The average molecular weight is 123 g/mol. The van der Waals surface area contributed by atoms with E-state index in [2.05, 4.69) is 6.07 Å². The van der Waals surface area contributed by atoms with E-state index < -0.39 is 0 Å². The summed E-state index contributed by atoms with van der Waals surface area (Å²) in [6, 6.07) is 2.09. The van der Waals surface area contributed by atoms with Gasteiger partial charge in [0.15, 0.2) is 0 Å². The standard InChI is InChI=1S/C7H9NO/c1-6(4-8)7(5-9)2-3-7/h5-6H,2-3H2,1H3/t6-/m1/s1. The van der Waals surface area contributed by atoms with E-state index in [9.17, 15) is 4.79 Å². The van der Waals surface area contributed by atoms with Crippen molar-refractivity contribution in [3.05, 3.63) is 0 Å². The van der Waals surface area contributed by atoms with Gasteiger partial charge in [-0.3, -0.25) is 0 Å². The Bertz CT molecular complexity index is 164. The topological polar surface area (TPSA) is 40.9 Å². The SMILES string of the molecule is C[C@H](C#N)C1(C=O)CC1. The maximum atomic E-state index is 10.3. The zero-order valence-corrected chi connectivity index (χ0v) is 5.42. The van der Waals surface area contributed by atoms with Gasteiger partial charge in [-0.05, 0) is 19.8 Å². The van der Waals surface area contributed by atoms with E-state index in [-0.39, 0.29) is 11.3 Å². The molecule has 1 saturated carbocycles. The van der Waals surface area contributed by atoms with Crippen molar-refractivity contribution in [3.63, 3.8) is 0 Å². The molecule has 0 aromatic heterocycles. The van der Waals surface area contributed by atoms with Crippen molar-refractivity contribution >= 4 is 6.29 Å². The molecule has 0 spiro atoms. The molecule has 1 aliphatic rings. The van der Waals surface area contributed by atoms with E-state index >= 15 is 0 Å². The molecule has 0 heterocycles. The molecule has 0 bridgehead atoms. The van der Waals surface area contributed by atoms with Crippen molar-refractivity contribution in [3.8, 4) is 6.07 Å². The predicted octanol–water partition coefficient (Wildman–Crippen LogP) is 1.13. The molecule has 0 saturated heterocycles. The van der Waals surface area contributed by atoms with Crippen molar-refractivity contribution in [1.82, 2.24) is 0 Å². The first kappa shape index (κ1) is 6.28. The van der Waals surface area contributed by atoms with Crippen LogP contribution in [0, 0.1) is 22.7 Å². The number of hydrogen-bond donors (Lipinski definition) is 0. The summed E-state index contributed by atoms with van der Waals surface area (Å²) in [5, 5.41) is 8.43. The van der Waals surface area contributed by atoms with Crippen LogP contribution >= 0.6 is 0 Å². The van der Waals surface area contributed by atoms with Crippen LogP contribution in [0.15, 0.2) is 0 Å². The monoisotopic (exact) mass is 123 g/mol. The van der Waals surface area contributed by atoms with Crippen LogP contribution in [0.25, 0.3) is 0 Å². The minimum Gasteiger partial charge on any atom is -0.303 e. The van der Waals surface area contributed by atoms with Crippen LogP contribution in [-0.4, -0.2) is 6.29 Å². The summed E-state index contributed by atoms with van der Waals surface area (Å²) < 4.78 is 0. The molecule has 1 atom stereocenters. The van der Waals surface area contributed by atoms with Crippen molar-refractivity contribution < 1.29 is 4.79 Å². The van der Waals surface area contributed by atoms with Crippen LogP contribution in [0.5, 0.6) is 0 Å². The summed E-state index contributed by atoms with van der Waals surface area (Å²) in [5.41, 5.74) is -0.241. The lowest BCUT2D eigenvalue weighted by Gasteiger charge is -2.06. The van der Waals surface area contributed by atoms with Gasteiger partial charge in [0.25, 0.3) is 0 Å². The number of nitrogens with zero attached hydrogens (tertiary/aromatic N) is 1. The highest BCUT2D eigenvalue weighted by molar-refractivity contribution is 5.64. The predicted molar refractivity (Wildman–Crippen MR) is 32.5 cm³/mol. The Balaban J connectivity index is 2.62. The molecule has 2 heteroatoms. The van der Waals surface area contributed by atoms with Crippen LogP contribution in [0.4, 0.5) is 0 Å². The first-order valence-corrected chi connectivity index (χ1v) is 3.11. The number of carbonyl (C=O) groups is 1. The Hall–Kier alpha value is -0.840. The normalized spacial score (nSPS) is 24.0. The van der Waals surface area contributed by atoms with Crippen LogP contribution in [0.2, 0.25) is 0 Å². The van der Waals surface area contributed by atoms with Crippen LogP contribution in [0.1, 0.15) is 19.8 Å². The van der Waals surface area contributed by atoms with Crippen molar-refractivity contribution in [2.75, 3.05) is 0 Å². The quantitative estimate of drug-likeness (QED) is 0.516. The molecule has 0 radical (unpaired) electrons. The van der Waals surface area contributed by atoms with E-state index in [1.165, 1.54) is 0 Å². The average Bonchev–Trinajstić information content (AvgIpc) is 2.66. The number of nitriles is 1. The Labute approximate surface area is 54.5 Å². The lowest BCUT2D eigenvalue weighted by Crippen LogP contribution is -2.11. The Morgan fingerprint density at radius 1 is 1.78 bits per heavy atom. The molecular formula is C7H9NO. The maximum Gasteiger partial charge on any atom is 0.127 e. The fourth-order valence-electron chi connectivity index (χ4n) is 0.926. The second-order valence-electron chi connectivity index (χ2n) is 2.70. The number of aldehydes is 1. The molecule has 0 aromatic carbocycles. The lowest BCUT2D eigenvalue weighted by molar-refractivity contribution is -0.113. The molecule has 2 nitrogen and oxygen atoms in total. The summed E-state index contributed by atoms with van der Waals surface area (Å²) in [6.07, 6.45) is 2.75. The second-order valence-corrected chi connectivity index (χ2v) is 2.70. The summed E-state index contributed by atoms with van der Waals surface area (Å²) in [4.78, 5) is 10.3. The van der Waals surface area contributed by atoms with E-state index in [0.29, 0.717) is 0 Å². The third kappa shape index (κ3) is 0.829. The Morgan fingerprint density at radius 3 is 2.44 bits per heavy atom. The minimum atomic E-state index is -0.241. The molecule has 1 aliphatic carbocycles. The Kier molecular flexibility index (Phi) is 1.28. The van der Waals surface area contributed by atoms with Gasteiger partial charge in [-0.15, -0.1) is 0 Å². The zero-order chi connectivity index (χ0) is 6.91. The molecule has 0 aliphatic heterocycles. The fraction of sp³-hybridized carbons (Fsp3) is 0.714. The highest BCUT2D eigenvalue weighted by Gasteiger charge is 2.47. The molecule has 0 amide bonds. The largest absolute Gasteiger partial charge is 0.303 e. The third-order valence-electron chi connectivity index (χ3n) is 2.12. The van der Waals surface area contributed by atoms with Gasteiger partial charge in [-0.25, -0.2) is 0 Å². The molecular weight excluding hydrogens is 114 g/mol. The van der Waals surface area contributed by atoms with Crippen LogP contribution in [0.3, 0.4) is 0 Å². The summed E-state index contributed by atoms with van der Waals surface area (Å²) >= 11 is 0. The van der Waals surface area contributed by atoms with E-state index in [4.69, 9.17) is 5.26 Å². The van der Waals surface area contributed by atoms with Gasteiger partial charge in [0.1, 0.15) is 6.29 Å². The van der Waals surface area contributed by atoms with Gasteiger partial charge in [-0.1, -0.05) is 0 Å². The first-order chi connectivity index (χ1) is 4.25. The van der Waals surface area contributed by atoms with E-state index in [1.807, 2.05) is 0 Å². The molecule has 48 valence electrons. The van der Waals surface area contributed by atoms with Gasteiger partial charge in [0.05, 0.1) is 12.0 Å². The summed E-state index contributed by atoms with van der Waals surface area (Å²) in [5.74, 6) is -0.0880. The summed E-state index contributed by atoms with van der Waals surface area (Å²) in [7, 11) is 0. The molecule has 1 fully saturated rings.